The van der Waals surface area contributed by atoms with Gasteiger partial charge in [-0.1, -0.05) is 34.1 Å². The highest BCUT2D eigenvalue weighted by atomic mass is 79.9. The lowest BCUT2D eigenvalue weighted by molar-refractivity contribution is 1.45. The highest BCUT2D eigenvalue weighted by Crippen LogP contribution is 2.27. The highest BCUT2D eigenvalue weighted by Gasteiger charge is 2.07. The Kier molecular flexibility index (Phi) is 2.41. The summed E-state index contributed by atoms with van der Waals surface area (Å²) < 4.78 is 0.931. The van der Waals surface area contributed by atoms with Crippen LogP contribution in [0.25, 0.3) is 10.8 Å². The van der Waals surface area contributed by atoms with E-state index in [9.17, 15) is 0 Å². The fourth-order valence-corrected chi connectivity index (χ4v) is 2.03. The molecule has 0 spiro atoms. The van der Waals surface area contributed by atoms with Crippen molar-refractivity contribution in [3.63, 3.8) is 0 Å². The zero-order chi connectivity index (χ0) is 10.8. The third kappa shape index (κ3) is 1.48. The second-order valence-corrected chi connectivity index (χ2v) is 3.90. The molecular weight excluding hydrogens is 252 g/mol. The van der Waals surface area contributed by atoms with Crippen LogP contribution in [0.2, 0.25) is 0 Å². The molecule has 0 aliphatic carbocycles. The molecule has 0 aliphatic heterocycles. The first kappa shape index (κ1) is 9.71. The van der Waals surface area contributed by atoms with Gasteiger partial charge in [0.05, 0.1) is 11.1 Å². The lowest BCUT2D eigenvalue weighted by Crippen LogP contribution is -1.86. The van der Waals surface area contributed by atoms with E-state index in [0.29, 0.717) is 11.1 Å². The van der Waals surface area contributed by atoms with Gasteiger partial charge in [0.1, 0.15) is 12.1 Å². The van der Waals surface area contributed by atoms with Crippen molar-refractivity contribution in [2.24, 2.45) is 0 Å². The standard InChI is InChI=1S/C12H5BrN2/c13-12-3-1-2-9-10(12)5-4-8(6-14)11(9)7-15/h1-5H. The first-order valence-electron chi connectivity index (χ1n) is 4.29. The lowest BCUT2D eigenvalue weighted by Gasteiger charge is -2.03. The Morgan fingerprint density at radius 1 is 0.933 bits per heavy atom. The second kappa shape index (κ2) is 3.73. The van der Waals surface area contributed by atoms with Crippen molar-refractivity contribution in [1.82, 2.24) is 0 Å². The van der Waals surface area contributed by atoms with E-state index in [0.717, 1.165) is 15.2 Å². The van der Waals surface area contributed by atoms with Crippen molar-refractivity contribution in [2.75, 3.05) is 0 Å². The van der Waals surface area contributed by atoms with Gasteiger partial charge in [0.2, 0.25) is 0 Å². The smallest absolute Gasteiger partial charge is 0.101 e. The zero-order valence-corrected chi connectivity index (χ0v) is 9.25. The van der Waals surface area contributed by atoms with E-state index in [1.165, 1.54) is 0 Å². The van der Waals surface area contributed by atoms with Gasteiger partial charge >= 0.3 is 0 Å². The maximum absolute atomic E-state index is 9.02. The van der Waals surface area contributed by atoms with Crippen LogP contribution in [0.5, 0.6) is 0 Å². The lowest BCUT2D eigenvalue weighted by atomic mass is 10.0. The molecule has 2 aromatic rings. The number of hydrogen-bond acceptors (Lipinski definition) is 2. The van der Waals surface area contributed by atoms with Gasteiger partial charge in [-0.25, -0.2) is 0 Å². The number of rotatable bonds is 0. The van der Waals surface area contributed by atoms with Crippen molar-refractivity contribution in [3.05, 3.63) is 45.9 Å². The minimum Gasteiger partial charge on any atom is -0.192 e. The predicted molar refractivity (Wildman–Crippen MR) is 61.1 cm³/mol. The summed E-state index contributed by atoms with van der Waals surface area (Å²) in [6.45, 7) is 0. The molecule has 2 nitrogen and oxygen atoms in total. The van der Waals surface area contributed by atoms with Crippen LogP contribution in [0.15, 0.2) is 34.8 Å². The molecule has 0 bridgehead atoms. The van der Waals surface area contributed by atoms with Crippen LogP contribution < -0.4 is 0 Å². The summed E-state index contributed by atoms with van der Waals surface area (Å²) in [4.78, 5) is 0. The Labute approximate surface area is 95.5 Å². The molecule has 0 atom stereocenters. The Hall–Kier alpha value is -1.84. The van der Waals surface area contributed by atoms with Gasteiger partial charge in [-0.05, 0) is 17.5 Å². The molecule has 0 aromatic heterocycles. The maximum Gasteiger partial charge on any atom is 0.101 e. The Bertz CT molecular complexity index is 618. The minimum atomic E-state index is 0.420. The number of halogens is 1. The van der Waals surface area contributed by atoms with Crippen LogP contribution in [0, 0.1) is 22.7 Å². The number of nitrogens with zero attached hydrogens (tertiary/aromatic N) is 2. The summed E-state index contributed by atoms with van der Waals surface area (Å²) in [6, 6.07) is 13.2. The molecule has 2 rings (SSSR count). The molecule has 0 N–H and O–H groups in total. The zero-order valence-electron chi connectivity index (χ0n) is 7.66. The molecule has 2 aromatic carbocycles. The molecular formula is C12H5BrN2. The van der Waals surface area contributed by atoms with E-state index < -0.39 is 0 Å². The van der Waals surface area contributed by atoms with E-state index in [2.05, 4.69) is 22.0 Å². The molecule has 15 heavy (non-hydrogen) atoms. The van der Waals surface area contributed by atoms with E-state index >= 15 is 0 Å². The molecule has 0 saturated carbocycles. The van der Waals surface area contributed by atoms with Gasteiger partial charge < -0.3 is 0 Å². The van der Waals surface area contributed by atoms with Gasteiger partial charge in [0, 0.05) is 9.86 Å². The summed E-state index contributed by atoms with van der Waals surface area (Å²) in [6.07, 6.45) is 0. The highest BCUT2D eigenvalue weighted by molar-refractivity contribution is 9.10. The van der Waals surface area contributed by atoms with E-state index in [1.54, 1.807) is 6.07 Å². The molecule has 0 heterocycles. The van der Waals surface area contributed by atoms with Gasteiger partial charge in [-0.2, -0.15) is 10.5 Å². The third-order valence-corrected chi connectivity index (χ3v) is 2.93. The van der Waals surface area contributed by atoms with E-state index in [-0.39, 0.29) is 0 Å². The molecule has 0 unspecified atom stereocenters. The minimum absolute atomic E-state index is 0.420. The van der Waals surface area contributed by atoms with Crippen molar-refractivity contribution in [1.29, 1.82) is 10.5 Å². The largest absolute Gasteiger partial charge is 0.192 e. The number of hydrogen-bond donors (Lipinski definition) is 0. The van der Waals surface area contributed by atoms with Crippen molar-refractivity contribution < 1.29 is 0 Å². The first-order valence-corrected chi connectivity index (χ1v) is 5.08. The van der Waals surface area contributed by atoms with E-state index in [4.69, 9.17) is 10.5 Å². The molecule has 0 radical (unpaired) electrons. The second-order valence-electron chi connectivity index (χ2n) is 3.05. The van der Waals surface area contributed by atoms with E-state index in [1.807, 2.05) is 30.3 Å². The van der Waals surface area contributed by atoms with Crippen molar-refractivity contribution in [2.45, 2.75) is 0 Å². The average Bonchev–Trinajstić information content (AvgIpc) is 2.28. The van der Waals surface area contributed by atoms with Gasteiger partial charge in [0.15, 0.2) is 0 Å². The van der Waals surface area contributed by atoms with Crippen molar-refractivity contribution >= 4 is 26.7 Å². The molecule has 0 amide bonds. The monoisotopic (exact) mass is 256 g/mol. The number of benzene rings is 2. The third-order valence-electron chi connectivity index (χ3n) is 2.24. The summed E-state index contributed by atoms with van der Waals surface area (Å²) in [5.74, 6) is 0. The van der Waals surface area contributed by atoms with Crippen LogP contribution in [-0.4, -0.2) is 0 Å². The number of fused-ring (bicyclic) bond motifs is 1. The SMILES string of the molecule is N#Cc1ccc2c(Br)cccc2c1C#N. The van der Waals surface area contributed by atoms with Gasteiger partial charge in [-0.15, -0.1) is 0 Å². The topological polar surface area (TPSA) is 47.6 Å². The Morgan fingerprint density at radius 2 is 1.73 bits per heavy atom. The Balaban J connectivity index is 2.98. The Morgan fingerprint density at radius 3 is 2.40 bits per heavy atom. The van der Waals surface area contributed by atoms with Crippen LogP contribution >= 0.6 is 15.9 Å². The summed E-state index contributed by atoms with van der Waals surface area (Å²) in [5, 5.41) is 19.7. The van der Waals surface area contributed by atoms with Crippen LogP contribution in [0.1, 0.15) is 11.1 Å². The maximum atomic E-state index is 9.02. The van der Waals surface area contributed by atoms with Gasteiger partial charge in [-0.3, -0.25) is 0 Å². The van der Waals surface area contributed by atoms with Crippen molar-refractivity contribution in [3.8, 4) is 12.1 Å². The molecule has 70 valence electrons. The quantitative estimate of drug-likeness (QED) is 0.726. The average molecular weight is 257 g/mol. The van der Waals surface area contributed by atoms with Crippen LogP contribution in [0.3, 0.4) is 0 Å². The summed E-state index contributed by atoms with van der Waals surface area (Å²) >= 11 is 3.41. The molecule has 3 heteroatoms. The first-order chi connectivity index (χ1) is 7.27. The summed E-state index contributed by atoms with van der Waals surface area (Å²) in [7, 11) is 0. The normalized spacial score (nSPS) is 9.53. The number of nitriles is 2. The van der Waals surface area contributed by atoms with Crippen LogP contribution in [0.4, 0.5) is 0 Å². The molecule has 0 fully saturated rings. The predicted octanol–water partition coefficient (Wildman–Crippen LogP) is 3.35. The fourth-order valence-electron chi connectivity index (χ4n) is 1.53. The summed E-state index contributed by atoms with van der Waals surface area (Å²) in [5.41, 5.74) is 0.861. The molecule has 0 aliphatic rings. The van der Waals surface area contributed by atoms with Crippen LogP contribution in [-0.2, 0) is 0 Å². The van der Waals surface area contributed by atoms with Gasteiger partial charge in [0.25, 0.3) is 0 Å². The fraction of sp³-hybridized carbons (Fsp3) is 0. The molecule has 0 saturated heterocycles.